The van der Waals surface area contributed by atoms with E-state index in [-0.39, 0.29) is 6.03 Å². The number of hydrogen-bond acceptors (Lipinski definition) is 5. The molecule has 134 valence electrons. The van der Waals surface area contributed by atoms with Crippen LogP contribution < -0.4 is 10.6 Å². The van der Waals surface area contributed by atoms with E-state index in [9.17, 15) is 4.79 Å². The van der Waals surface area contributed by atoms with Gasteiger partial charge in [0, 0.05) is 25.5 Å². The van der Waals surface area contributed by atoms with Gasteiger partial charge in [0.05, 0.1) is 17.2 Å². The summed E-state index contributed by atoms with van der Waals surface area (Å²) in [7, 11) is 0. The topological polar surface area (TPSA) is 76.1 Å². The number of rotatable bonds is 7. The Labute approximate surface area is 152 Å². The molecule has 1 aliphatic carbocycles. The molecule has 0 spiro atoms. The van der Waals surface area contributed by atoms with Gasteiger partial charge in [-0.25, -0.2) is 9.78 Å². The van der Waals surface area contributed by atoms with Crippen molar-refractivity contribution in [3.8, 4) is 10.4 Å². The number of aryl methyl sites for hydroxylation is 1. The second kappa shape index (κ2) is 8.92. The van der Waals surface area contributed by atoms with Gasteiger partial charge in [-0.3, -0.25) is 10.3 Å². The summed E-state index contributed by atoms with van der Waals surface area (Å²) in [5, 5.41) is 6.19. The number of urea groups is 1. The van der Waals surface area contributed by atoms with E-state index >= 15 is 0 Å². The Bertz CT molecular complexity index is 684. The predicted molar refractivity (Wildman–Crippen MR) is 99.9 cm³/mol. The van der Waals surface area contributed by atoms with E-state index in [4.69, 9.17) is 4.74 Å². The molecule has 1 saturated carbocycles. The third-order valence-electron chi connectivity index (χ3n) is 4.32. The number of ether oxygens (including phenoxy) is 1. The molecule has 0 saturated heterocycles. The lowest BCUT2D eigenvalue weighted by molar-refractivity contribution is 0.104. The van der Waals surface area contributed by atoms with Crippen molar-refractivity contribution in [3.05, 3.63) is 30.2 Å². The number of nitrogens with one attached hydrogen (secondary N) is 2. The van der Waals surface area contributed by atoms with Crippen LogP contribution in [0.3, 0.4) is 0 Å². The molecule has 0 unspecified atom stereocenters. The molecule has 2 heterocycles. The van der Waals surface area contributed by atoms with Gasteiger partial charge in [-0.05, 0) is 43.4 Å². The van der Waals surface area contributed by atoms with Crippen molar-refractivity contribution in [2.75, 3.05) is 25.1 Å². The third-order valence-corrected chi connectivity index (χ3v) is 5.44. The van der Waals surface area contributed by atoms with Gasteiger partial charge in [0.1, 0.15) is 0 Å². The highest BCUT2D eigenvalue weighted by Gasteiger charge is 2.15. The molecule has 0 atom stereocenters. The number of thiazole rings is 1. The van der Waals surface area contributed by atoms with Crippen LogP contribution >= 0.6 is 11.3 Å². The summed E-state index contributed by atoms with van der Waals surface area (Å²) in [5.41, 5.74) is 1.95. The summed E-state index contributed by atoms with van der Waals surface area (Å²) in [6, 6.07) is 3.62. The molecule has 6 nitrogen and oxygen atoms in total. The van der Waals surface area contributed by atoms with E-state index in [2.05, 4.69) is 20.6 Å². The lowest BCUT2D eigenvalue weighted by Crippen LogP contribution is -2.31. The second-order valence-corrected chi connectivity index (χ2v) is 7.27. The van der Waals surface area contributed by atoms with Crippen LogP contribution in [0.2, 0.25) is 0 Å². The summed E-state index contributed by atoms with van der Waals surface area (Å²) in [4.78, 5) is 21.4. The van der Waals surface area contributed by atoms with E-state index < -0.39 is 0 Å². The first-order valence-electron chi connectivity index (χ1n) is 8.73. The minimum atomic E-state index is -0.250. The van der Waals surface area contributed by atoms with Gasteiger partial charge >= 0.3 is 6.03 Å². The summed E-state index contributed by atoms with van der Waals surface area (Å²) in [5.74, 6) is 0.707. The number of nitrogens with zero attached hydrogens (tertiary/aromatic N) is 2. The zero-order valence-corrected chi connectivity index (χ0v) is 15.3. The Morgan fingerprint density at radius 2 is 2.08 bits per heavy atom. The van der Waals surface area contributed by atoms with E-state index in [0.717, 1.165) is 22.7 Å². The van der Waals surface area contributed by atoms with Crippen LogP contribution in [0.5, 0.6) is 0 Å². The molecule has 0 aliphatic heterocycles. The number of carbonyl (C=O) groups is 1. The van der Waals surface area contributed by atoms with Crippen molar-refractivity contribution >= 4 is 22.5 Å². The van der Waals surface area contributed by atoms with Gasteiger partial charge in [0.2, 0.25) is 0 Å². The molecular weight excluding hydrogens is 336 g/mol. The first kappa shape index (κ1) is 17.8. The lowest BCUT2D eigenvalue weighted by Gasteiger charge is -2.10. The highest BCUT2D eigenvalue weighted by molar-refractivity contribution is 7.19. The van der Waals surface area contributed by atoms with Gasteiger partial charge in [-0.2, -0.15) is 0 Å². The average Bonchev–Trinajstić information content (AvgIpc) is 3.25. The number of amides is 2. The molecule has 3 rings (SSSR count). The van der Waals surface area contributed by atoms with Crippen molar-refractivity contribution < 1.29 is 9.53 Å². The largest absolute Gasteiger partial charge is 0.379 e. The highest BCUT2D eigenvalue weighted by atomic mass is 32.1. The fraction of sp³-hybridized carbons (Fsp3) is 0.500. The quantitative estimate of drug-likeness (QED) is 0.736. The van der Waals surface area contributed by atoms with E-state index in [1.54, 1.807) is 12.4 Å². The molecule has 7 heteroatoms. The number of aromatic nitrogens is 2. The van der Waals surface area contributed by atoms with E-state index in [0.29, 0.717) is 24.2 Å². The Kier molecular flexibility index (Phi) is 6.36. The van der Waals surface area contributed by atoms with Crippen LogP contribution in [-0.4, -0.2) is 35.8 Å². The number of carbonyl (C=O) groups excluding carboxylic acids is 1. The Morgan fingerprint density at radius 1 is 1.32 bits per heavy atom. The van der Waals surface area contributed by atoms with E-state index in [1.807, 2.05) is 19.1 Å². The molecule has 0 radical (unpaired) electrons. The maximum absolute atomic E-state index is 12.0. The van der Waals surface area contributed by atoms with Gasteiger partial charge in [0.25, 0.3) is 0 Å². The minimum Gasteiger partial charge on any atom is -0.379 e. The molecule has 2 aromatic rings. The van der Waals surface area contributed by atoms with Crippen molar-refractivity contribution in [1.29, 1.82) is 0 Å². The smallest absolute Gasteiger partial charge is 0.321 e. The minimum absolute atomic E-state index is 0.250. The second-order valence-electron chi connectivity index (χ2n) is 6.28. The first-order valence-corrected chi connectivity index (χ1v) is 9.54. The van der Waals surface area contributed by atoms with Gasteiger partial charge in [-0.15, -0.1) is 0 Å². The first-order chi connectivity index (χ1) is 12.2. The Morgan fingerprint density at radius 3 is 2.84 bits per heavy atom. The molecular formula is C18H24N4O2S. The molecule has 1 fully saturated rings. The molecule has 0 aromatic carbocycles. The number of hydrogen-bond donors (Lipinski definition) is 2. The van der Waals surface area contributed by atoms with Crippen molar-refractivity contribution in [1.82, 2.24) is 15.3 Å². The normalized spacial score (nSPS) is 14.6. The monoisotopic (exact) mass is 360 g/mol. The molecule has 2 amide bonds. The van der Waals surface area contributed by atoms with Gasteiger partial charge in [-0.1, -0.05) is 24.2 Å². The van der Waals surface area contributed by atoms with E-state index in [1.165, 1.54) is 37.0 Å². The van der Waals surface area contributed by atoms with Crippen molar-refractivity contribution in [2.24, 2.45) is 5.92 Å². The molecule has 25 heavy (non-hydrogen) atoms. The van der Waals surface area contributed by atoms with Crippen molar-refractivity contribution in [3.63, 3.8) is 0 Å². The predicted octanol–water partition coefficient (Wildman–Crippen LogP) is 3.84. The summed E-state index contributed by atoms with van der Waals surface area (Å²) in [6.07, 6.45) is 8.70. The van der Waals surface area contributed by atoms with Crippen LogP contribution in [-0.2, 0) is 4.74 Å². The Balaban J connectivity index is 1.40. The summed E-state index contributed by atoms with van der Waals surface area (Å²) < 4.78 is 5.64. The maximum atomic E-state index is 12.0. The van der Waals surface area contributed by atoms with Crippen LogP contribution in [0.15, 0.2) is 24.5 Å². The summed E-state index contributed by atoms with van der Waals surface area (Å²) in [6.45, 7) is 3.79. The van der Waals surface area contributed by atoms with Crippen LogP contribution in [0.25, 0.3) is 10.4 Å². The zero-order chi connectivity index (χ0) is 17.5. The van der Waals surface area contributed by atoms with Gasteiger partial charge in [0.15, 0.2) is 5.13 Å². The summed E-state index contributed by atoms with van der Waals surface area (Å²) >= 11 is 1.46. The number of anilines is 1. The standard InChI is InChI=1S/C18H24N4O2S/c1-13-16(15-6-8-19-9-7-15)25-18(21-13)22-17(23)20-10-11-24-12-14-4-2-3-5-14/h6-9,14H,2-5,10-12H2,1H3,(H2,20,21,22,23). The van der Waals surface area contributed by atoms with Crippen LogP contribution in [0, 0.1) is 12.8 Å². The zero-order valence-electron chi connectivity index (χ0n) is 14.5. The van der Waals surface area contributed by atoms with Gasteiger partial charge < -0.3 is 10.1 Å². The SMILES string of the molecule is Cc1nc(NC(=O)NCCOCC2CCCC2)sc1-c1ccncc1. The van der Waals surface area contributed by atoms with Crippen LogP contribution in [0.1, 0.15) is 31.4 Å². The Hall–Kier alpha value is -1.99. The maximum Gasteiger partial charge on any atom is 0.321 e. The molecule has 2 N–H and O–H groups in total. The number of pyridine rings is 1. The average molecular weight is 360 g/mol. The fourth-order valence-electron chi connectivity index (χ4n) is 3.03. The molecule has 0 bridgehead atoms. The lowest BCUT2D eigenvalue weighted by atomic mass is 10.1. The molecule has 2 aromatic heterocycles. The third kappa shape index (κ3) is 5.24. The fourth-order valence-corrected chi connectivity index (χ4v) is 3.99. The molecule has 1 aliphatic rings. The van der Waals surface area contributed by atoms with Crippen molar-refractivity contribution in [2.45, 2.75) is 32.6 Å². The van der Waals surface area contributed by atoms with Crippen LogP contribution in [0.4, 0.5) is 9.93 Å². The highest BCUT2D eigenvalue weighted by Crippen LogP contribution is 2.32.